The van der Waals surface area contributed by atoms with Gasteiger partial charge in [-0.05, 0) is 5.56 Å². The minimum absolute atomic E-state index is 0.153. The molecular weight excluding hydrogens is 338 g/mol. The van der Waals surface area contributed by atoms with Gasteiger partial charge in [-0.3, -0.25) is 4.79 Å². The van der Waals surface area contributed by atoms with E-state index in [0.717, 1.165) is 5.56 Å². The van der Waals surface area contributed by atoms with Crippen LogP contribution in [0, 0.1) is 0 Å². The van der Waals surface area contributed by atoms with E-state index in [2.05, 4.69) is 20.5 Å². The fourth-order valence-electron chi connectivity index (χ4n) is 1.73. The van der Waals surface area contributed by atoms with Crippen LogP contribution in [0.1, 0.15) is 10.8 Å². The summed E-state index contributed by atoms with van der Waals surface area (Å²) in [4.78, 5) is 16.7. The van der Waals surface area contributed by atoms with Crippen molar-refractivity contribution in [3.8, 4) is 0 Å². The molecule has 3 rings (SSSR count). The molecule has 0 aliphatic carbocycles. The van der Waals surface area contributed by atoms with Crippen LogP contribution in [-0.2, 0) is 4.79 Å². The van der Waals surface area contributed by atoms with Gasteiger partial charge in [-0.25, -0.2) is 4.98 Å². The fraction of sp³-hybridized carbons (Fsp3) is 0.0769. The van der Waals surface area contributed by atoms with E-state index in [0.29, 0.717) is 14.6 Å². The molecule has 9 heteroatoms. The summed E-state index contributed by atoms with van der Waals surface area (Å²) in [5.41, 5.74) is 6.49. The number of thiazole rings is 1. The normalized spacial score (nSPS) is 12.0. The number of nitrogens with one attached hydrogen (secondary N) is 1. The van der Waals surface area contributed by atoms with Crippen LogP contribution in [0.3, 0.4) is 0 Å². The molecule has 1 amide bonds. The van der Waals surface area contributed by atoms with Gasteiger partial charge in [0.1, 0.15) is 5.25 Å². The van der Waals surface area contributed by atoms with Crippen LogP contribution in [-0.4, -0.2) is 21.1 Å². The molecule has 0 bridgehead atoms. The maximum absolute atomic E-state index is 12.6. The number of thioether (sulfide) groups is 1. The van der Waals surface area contributed by atoms with Crippen LogP contribution in [0.5, 0.6) is 0 Å². The first-order chi connectivity index (χ1) is 10.7. The van der Waals surface area contributed by atoms with Crippen molar-refractivity contribution in [2.75, 3.05) is 11.1 Å². The second kappa shape index (κ2) is 6.86. The van der Waals surface area contributed by atoms with E-state index in [1.165, 1.54) is 34.4 Å². The van der Waals surface area contributed by atoms with E-state index in [1.807, 2.05) is 35.7 Å². The quantitative estimate of drug-likeness (QED) is 0.688. The molecule has 6 nitrogen and oxygen atoms in total. The average molecular weight is 349 g/mol. The number of aromatic nitrogens is 3. The van der Waals surface area contributed by atoms with Crippen molar-refractivity contribution in [2.45, 2.75) is 9.59 Å². The lowest BCUT2D eigenvalue weighted by atomic mass is 10.1. The van der Waals surface area contributed by atoms with Gasteiger partial charge >= 0.3 is 0 Å². The second-order valence-corrected chi connectivity index (χ2v) is 7.40. The van der Waals surface area contributed by atoms with Crippen LogP contribution in [0.15, 0.2) is 46.2 Å². The average Bonchev–Trinajstić information content (AvgIpc) is 3.17. The zero-order chi connectivity index (χ0) is 15.4. The van der Waals surface area contributed by atoms with E-state index in [-0.39, 0.29) is 5.91 Å². The highest BCUT2D eigenvalue weighted by atomic mass is 32.2. The molecule has 2 aromatic heterocycles. The van der Waals surface area contributed by atoms with Crippen molar-refractivity contribution in [2.24, 2.45) is 0 Å². The molecule has 3 N–H and O–H groups in total. The number of nitrogen functional groups attached to an aromatic ring is 1. The van der Waals surface area contributed by atoms with Gasteiger partial charge in [0.15, 0.2) is 9.47 Å². The monoisotopic (exact) mass is 349 g/mol. The summed E-state index contributed by atoms with van der Waals surface area (Å²) in [5.74, 6) is -0.153. The van der Waals surface area contributed by atoms with Gasteiger partial charge in [-0.15, -0.1) is 21.5 Å². The summed E-state index contributed by atoms with van der Waals surface area (Å²) in [6.07, 6.45) is 1.65. The fourth-order valence-corrected chi connectivity index (χ4v) is 4.09. The number of hydrogen-bond donors (Lipinski definition) is 2. The molecule has 0 fully saturated rings. The van der Waals surface area contributed by atoms with Crippen LogP contribution in [0.25, 0.3) is 0 Å². The molecule has 3 aromatic rings. The first-order valence-electron chi connectivity index (χ1n) is 6.23. The number of rotatable bonds is 5. The van der Waals surface area contributed by atoms with Gasteiger partial charge in [0.25, 0.3) is 0 Å². The largest absolute Gasteiger partial charge is 0.374 e. The first-order valence-corrected chi connectivity index (χ1v) is 8.81. The van der Waals surface area contributed by atoms with Crippen molar-refractivity contribution >= 4 is 50.6 Å². The molecule has 0 radical (unpaired) electrons. The Morgan fingerprint density at radius 2 is 2.09 bits per heavy atom. The molecule has 2 heterocycles. The third-order valence-electron chi connectivity index (χ3n) is 2.64. The molecule has 0 unspecified atom stereocenters. The van der Waals surface area contributed by atoms with Gasteiger partial charge in [-0.2, -0.15) is 0 Å². The van der Waals surface area contributed by atoms with Crippen molar-refractivity contribution in [3.05, 3.63) is 47.5 Å². The van der Waals surface area contributed by atoms with E-state index in [4.69, 9.17) is 5.73 Å². The summed E-state index contributed by atoms with van der Waals surface area (Å²) in [6.45, 7) is 0. The number of anilines is 2. The Hall–Kier alpha value is -1.97. The maximum Gasteiger partial charge on any atom is 0.244 e. The third kappa shape index (κ3) is 3.62. The predicted molar refractivity (Wildman–Crippen MR) is 90.1 cm³/mol. The van der Waals surface area contributed by atoms with Gasteiger partial charge in [0, 0.05) is 11.6 Å². The Labute approximate surface area is 138 Å². The van der Waals surface area contributed by atoms with E-state index in [9.17, 15) is 4.79 Å². The standard InChI is InChI=1S/C13H11N5OS3/c14-11-17-18-13(22-11)21-9(8-4-2-1-3-5-8)10(19)16-12-15-6-7-20-12/h1-7,9H,(H2,14,17)(H,15,16,19)/t9-/m0/s1. The zero-order valence-electron chi connectivity index (χ0n) is 11.2. The van der Waals surface area contributed by atoms with Gasteiger partial charge < -0.3 is 11.1 Å². The molecule has 0 saturated heterocycles. The van der Waals surface area contributed by atoms with Gasteiger partial charge in [0.2, 0.25) is 11.0 Å². The summed E-state index contributed by atoms with van der Waals surface area (Å²) >= 11 is 3.96. The SMILES string of the molecule is Nc1nnc(S[C@H](C(=O)Nc2nccs2)c2ccccc2)s1. The third-order valence-corrected chi connectivity index (χ3v) is 5.42. The highest BCUT2D eigenvalue weighted by Gasteiger charge is 2.24. The number of amides is 1. The lowest BCUT2D eigenvalue weighted by Gasteiger charge is -2.14. The molecule has 1 aromatic carbocycles. The summed E-state index contributed by atoms with van der Waals surface area (Å²) in [6, 6.07) is 9.52. The lowest BCUT2D eigenvalue weighted by Crippen LogP contribution is -2.18. The van der Waals surface area contributed by atoms with Crippen LogP contribution in [0.2, 0.25) is 0 Å². The zero-order valence-corrected chi connectivity index (χ0v) is 13.6. The predicted octanol–water partition coefficient (Wildman–Crippen LogP) is 3.05. The van der Waals surface area contributed by atoms with Crippen molar-refractivity contribution in [1.29, 1.82) is 0 Å². The number of nitrogens with two attached hydrogens (primary N) is 1. The second-order valence-electron chi connectivity index (χ2n) is 4.14. The highest BCUT2D eigenvalue weighted by Crippen LogP contribution is 2.38. The Balaban J connectivity index is 1.83. The number of carbonyl (C=O) groups is 1. The highest BCUT2D eigenvalue weighted by molar-refractivity contribution is 8.02. The topological polar surface area (TPSA) is 93.8 Å². The molecular formula is C13H11N5OS3. The Morgan fingerprint density at radius 1 is 1.27 bits per heavy atom. The molecule has 22 heavy (non-hydrogen) atoms. The Bertz CT molecular complexity index is 744. The minimum Gasteiger partial charge on any atom is -0.374 e. The van der Waals surface area contributed by atoms with Crippen LogP contribution >= 0.6 is 34.4 Å². The van der Waals surface area contributed by atoms with Crippen LogP contribution < -0.4 is 11.1 Å². The van der Waals surface area contributed by atoms with E-state index < -0.39 is 5.25 Å². The molecule has 1 atom stereocenters. The summed E-state index contributed by atoms with van der Waals surface area (Å²) < 4.78 is 0.653. The Morgan fingerprint density at radius 3 is 2.73 bits per heavy atom. The van der Waals surface area contributed by atoms with E-state index in [1.54, 1.807) is 6.20 Å². The number of nitrogens with zero attached hydrogens (tertiary/aromatic N) is 3. The summed E-state index contributed by atoms with van der Waals surface area (Å²) in [7, 11) is 0. The molecule has 0 aliphatic rings. The van der Waals surface area contributed by atoms with Gasteiger partial charge in [-0.1, -0.05) is 53.4 Å². The molecule has 0 aliphatic heterocycles. The molecule has 0 saturated carbocycles. The number of benzene rings is 1. The van der Waals surface area contributed by atoms with Crippen LogP contribution in [0.4, 0.5) is 10.3 Å². The van der Waals surface area contributed by atoms with Gasteiger partial charge in [0.05, 0.1) is 0 Å². The van der Waals surface area contributed by atoms with Crippen molar-refractivity contribution < 1.29 is 4.79 Å². The molecule has 112 valence electrons. The number of carbonyl (C=O) groups excluding carboxylic acids is 1. The maximum atomic E-state index is 12.6. The smallest absolute Gasteiger partial charge is 0.244 e. The summed E-state index contributed by atoms with van der Waals surface area (Å²) in [5, 5.41) is 12.9. The minimum atomic E-state index is -0.447. The molecule has 0 spiro atoms. The van der Waals surface area contributed by atoms with E-state index >= 15 is 0 Å². The van der Waals surface area contributed by atoms with Crippen molar-refractivity contribution in [1.82, 2.24) is 15.2 Å². The van der Waals surface area contributed by atoms with Crippen molar-refractivity contribution in [3.63, 3.8) is 0 Å². The lowest BCUT2D eigenvalue weighted by molar-refractivity contribution is -0.115. The Kier molecular flexibility index (Phi) is 4.66. The number of hydrogen-bond acceptors (Lipinski definition) is 8. The first kappa shape index (κ1) is 14.9.